The summed E-state index contributed by atoms with van der Waals surface area (Å²) in [6, 6.07) is 0. The SMILES string of the molecule is C=C(C)C.N=C=C1N=CC=N1. The summed E-state index contributed by atoms with van der Waals surface area (Å²) < 4.78 is 0. The average molecular weight is 149 g/mol. The summed E-state index contributed by atoms with van der Waals surface area (Å²) in [5.41, 5.74) is 1.17. The number of nitrogens with one attached hydrogen (secondary N) is 1. The molecule has 0 aromatic carbocycles. The lowest BCUT2D eigenvalue weighted by Crippen LogP contribution is -1.60. The van der Waals surface area contributed by atoms with E-state index in [1.807, 2.05) is 19.7 Å². The van der Waals surface area contributed by atoms with E-state index >= 15 is 0 Å². The van der Waals surface area contributed by atoms with Gasteiger partial charge >= 0.3 is 0 Å². The minimum Gasteiger partial charge on any atom is -0.255 e. The third kappa shape index (κ3) is 6.41. The van der Waals surface area contributed by atoms with Crippen molar-refractivity contribution in [3.8, 4) is 0 Å². The van der Waals surface area contributed by atoms with Gasteiger partial charge in [0, 0.05) is 18.3 Å². The van der Waals surface area contributed by atoms with E-state index in [2.05, 4.69) is 16.6 Å². The minimum absolute atomic E-state index is 0.347. The van der Waals surface area contributed by atoms with Gasteiger partial charge in [-0.1, -0.05) is 5.57 Å². The molecule has 1 rings (SSSR count). The van der Waals surface area contributed by atoms with Gasteiger partial charge in [-0.25, -0.2) is 9.98 Å². The Morgan fingerprint density at radius 3 is 2.00 bits per heavy atom. The van der Waals surface area contributed by atoms with E-state index in [-0.39, 0.29) is 0 Å². The van der Waals surface area contributed by atoms with Crippen molar-refractivity contribution in [3.05, 3.63) is 18.0 Å². The molecule has 0 bridgehead atoms. The molecule has 1 aliphatic rings. The Morgan fingerprint density at radius 1 is 1.45 bits per heavy atom. The van der Waals surface area contributed by atoms with Crippen LogP contribution in [0.15, 0.2) is 28.0 Å². The smallest absolute Gasteiger partial charge is 0.215 e. The van der Waals surface area contributed by atoms with Crippen LogP contribution in [0.2, 0.25) is 0 Å². The zero-order valence-corrected chi connectivity index (χ0v) is 6.76. The molecular weight excluding hydrogens is 138 g/mol. The fraction of sp³-hybridized carbons (Fsp3) is 0.250. The lowest BCUT2D eigenvalue weighted by Gasteiger charge is -1.70. The molecule has 3 heteroatoms. The van der Waals surface area contributed by atoms with E-state index in [4.69, 9.17) is 5.41 Å². The average Bonchev–Trinajstić information content (AvgIpc) is 2.36. The van der Waals surface area contributed by atoms with Crippen LogP contribution in [0, 0.1) is 5.41 Å². The maximum atomic E-state index is 6.49. The molecule has 0 saturated carbocycles. The second kappa shape index (κ2) is 5.33. The lowest BCUT2D eigenvalue weighted by atomic mass is 10.4. The molecule has 1 aliphatic heterocycles. The highest BCUT2D eigenvalue weighted by atomic mass is 15.0. The Morgan fingerprint density at radius 2 is 1.82 bits per heavy atom. The quantitative estimate of drug-likeness (QED) is 0.403. The summed E-state index contributed by atoms with van der Waals surface area (Å²) in [5.74, 6) is 2.38. The van der Waals surface area contributed by atoms with Gasteiger partial charge < -0.3 is 0 Å². The first-order valence-corrected chi connectivity index (χ1v) is 3.15. The van der Waals surface area contributed by atoms with Crippen molar-refractivity contribution in [1.29, 1.82) is 5.41 Å². The summed E-state index contributed by atoms with van der Waals surface area (Å²) in [7, 11) is 0. The largest absolute Gasteiger partial charge is 0.255 e. The zero-order valence-electron chi connectivity index (χ0n) is 6.76. The highest BCUT2D eigenvalue weighted by Gasteiger charge is 1.87. The molecule has 3 nitrogen and oxygen atoms in total. The molecule has 1 heterocycles. The van der Waals surface area contributed by atoms with Crippen molar-refractivity contribution >= 4 is 18.3 Å². The number of rotatable bonds is 0. The van der Waals surface area contributed by atoms with Crippen molar-refractivity contribution in [2.45, 2.75) is 13.8 Å². The van der Waals surface area contributed by atoms with Crippen LogP contribution in [-0.2, 0) is 0 Å². The van der Waals surface area contributed by atoms with Gasteiger partial charge in [-0.3, -0.25) is 5.41 Å². The highest BCUT2D eigenvalue weighted by molar-refractivity contribution is 6.18. The van der Waals surface area contributed by atoms with Crippen LogP contribution in [-0.4, -0.2) is 18.3 Å². The third-order valence-corrected chi connectivity index (χ3v) is 0.572. The van der Waals surface area contributed by atoms with E-state index in [0.29, 0.717) is 5.82 Å². The van der Waals surface area contributed by atoms with Crippen LogP contribution in [0.4, 0.5) is 0 Å². The number of nitrogens with zero attached hydrogens (tertiary/aromatic N) is 2. The second-order valence-corrected chi connectivity index (χ2v) is 2.21. The Kier molecular flexibility index (Phi) is 4.61. The normalized spacial score (nSPS) is 12.0. The summed E-state index contributed by atoms with van der Waals surface area (Å²) >= 11 is 0. The molecule has 1 N–H and O–H groups in total. The summed E-state index contributed by atoms with van der Waals surface area (Å²) in [4.78, 5) is 7.25. The number of hydrogen-bond donors (Lipinski definition) is 1. The van der Waals surface area contributed by atoms with Gasteiger partial charge in [-0.2, -0.15) is 0 Å². The fourth-order valence-corrected chi connectivity index (χ4v) is 0.306. The van der Waals surface area contributed by atoms with Gasteiger partial charge in [0.1, 0.15) is 0 Å². The molecule has 58 valence electrons. The monoisotopic (exact) mass is 149 g/mol. The highest BCUT2D eigenvalue weighted by Crippen LogP contribution is 1.93. The molecule has 0 atom stereocenters. The van der Waals surface area contributed by atoms with Crippen LogP contribution in [0.1, 0.15) is 13.8 Å². The van der Waals surface area contributed by atoms with Crippen LogP contribution in [0.25, 0.3) is 0 Å². The van der Waals surface area contributed by atoms with Crippen molar-refractivity contribution in [1.82, 2.24) is 0 Å². The maximum absolute atomic E-state index is 6.49. The predicted molar refractivity (Wildman–Crippen MR) is 48.7 cm³/mol. The zero-order chi connectivity index (χ0) is 8.69. The fourth-order valence-electron chi connectivity index (χ4n) is 0.306. The van der Waals surface area contributed by atoms with Crippen molar-refractivity contribution in [3.63, 3.8) is 0 Å². The van der Waals surface area contributed by atoms with E-state index in [9.17, 15) is 0 Å². The number of hydrogen-bond acceptors (Lipinski definition) is 3. The van der Waals surface area contributed by atoms with Crippen LogP contribution < -0.4 is 0 Å². The van der Waals surface area contributed by atoms with E-state index in [0.717, 1.165) is 0 Å². The molecule has 0 saturated heterocycles. The first kappa shape index (κ1) is 9.53. The maximum Gasteiger partial charge on any atom is 0.215 e. The minimum atomic E-state index is 0.347. The standard InChI is InChI=1S/C4H3N3.C4H8/c5-3-4-6-1-2-7-4;1-4(2)3/h1-2,5H;1H2,2-3H3. The van der Waals surface area contributed by atoms with Gasteiger partial charge in [0.05, 0.1) is 0 Å². The van der Waals surface area contributed by atoms with Crippen LogP contribution in [0.5, 0.6) is 0 Å². The van der Waals surface area contributed by atoms with Crippen LogP contribution in [0.3, 0.4) is 0 Å². The Balaban J connectivity index is 0.000000218. The molecule has 0 unspecified atom stereocenters. The summed E-state index contributed by atoms with van der Waals surface area (Å²) in [5, 5.41) is 6.49. The predicted octanol–water partition coefficient (Wildman–Crippen LogP) is 1.81. The van der Waals surface area contributed by atoms with E-state index in [1.165, 1.54) is 18.0 Å². The molecule has 0 fully saturated rings. The first-order valence-electron chi connectivity index (χ1n) is 3.15. The second-order valence-electron chi connectivity index (χ2n) is 2.21. The van der Waals surface area contributed by atoms with E-state index < -0.39 is 0 Å². The van der Waals surface area contributed by atoms with Crippen molar-refractivity contribution < 1.29 is 0 Å². The third-order valence-electron chi connectivity index (χ3n) is 0.572. The van der Waals surface area contributed by atoms with Gasteiger partial charge in [-0.15, -0.1) is 6.58 Å². The molecule has 0 aromatic heterocycles. The molecule has 0 spiro atoms. The van der Waals surface area contributed by atoms with Gasteiger partial charge in [0.15, 0.2) is 0 Å². The molecule has 0 amide bonds. The molecule has 11 heavy (non-hydrogen) atoms. The Labute approximate surface area is 66.4 Å². The van der Waals surface area contributed by atoms with Gasteiger partial charge in [-0.05, 0) is 13.8 Å². The molecule has 0 radical (unpaired) electrons. The Hall–Kier alpha value is -1.47. The van der Waals surface area contributed by atoms with Crippen molar-refractivity contribution in [2.24, 2.45) is 9.98 Å². The topological polar surface area (TPSA) is 48.6 Å². The first-order chi connectivity index (χ1) is 5.16. The van der Waals surface area contributed by atoms with E-state index in [1.54, 1.807) is 0 Å². The number of aliphatic imine (C=N–C) groups is 2. The summed E-state index contributed by atoms with van der Waals surface area (Å²) in [6.45, 7) is 7.50. The molecule has 0 aliphatic carbocycles. The van der Waals surface area contributed by atoms with Gasteiger partial charge in [0.2, 0.25) is 5.82 Å². The molecule has 0 aromatic rings. The summed E-state index contributed by atoms with van der Waals surface area (Å²) in [6.07, 6.45) is 3.05. The molecular formula is C8H11N3. The van der Waals surface area contributed by atoms with Crippen LogP contribution >= 0.6 is 0 Å². The van der Waals surface area contributed by atoms with Crippen molar-refractivity contribution in [2.75, 3.05) is 0 Å². The lowest BCUT2D eigenvalue weighted by molar-refractivity contribution is 1.32. The number of allylic oxidation sites excluding steroid dienone is 1. The van der Waals surface area contributed by atoms with Gasteiger partial charge in [0.25, 0.3) is 0 Å². The Bertz CT molecular complexity index is 224.